The third-order valence-corrected chi connectivity index (χ3v) is 5.77. The Morgan fingerprint density at radius 2 is 2.30 bits per heavy atom. The number of fused-ring (bicyclic) bond motifs is 2. The van der Waals surface area contributed by atoms with Crippen LogP contribution in [0.1, 0.15) is 31.7 Å². The van der Waals surface area contributed by atoms with Crippen LogP contribution in [0.5, 0.6) is 0 Å². The largest absolute Gasteiger partial charge is 0.339 e. The molecule has 4 atom stereocenters. The van der Waals surface area contributed by atoms with Gasteiger partial charge in [-0.05, 0) is 49.8 Å². The summed E-state index contributed by atoms with van der Waals surface area (Å²) in [5.74, 6) is 0.0133. The second-order valence-electron chi connectivity index (χ2n) is 7.57. The lowest BCUT2D eigenvalue weighted by Crippen LogP contribution is -2.53. The lowest BCUT2D eigenvalue weighted by molar-refractivity contribution is -0.124. The zero-order valence-corrected chi connectivity index (χ0v) is 15.5. The maximum absolute atomic E-state index is 14.6. The van der Waals surface area contributed by atoms with Crippen molar-refractivity contribution in [1.82, 2.24) is 20.4 Å². The van der Waals surface area contributed by atoms with Crippen molar-refractivity contribution in [3.8, 4) is 11.3 Å². The van der Waals surface area contributed by atoms with Gasteiger partial charge in [0.15, 0.2) is 0 Å². The summed E-state index contributed by atoms with van der Waals surface area (Å²) < 4.78 is 16.4. The highest BCUT2D eigenvalue weighted by molar-refractivity contribution is 5.83. The van der Waals surface area contributed by atoms with Crippen LogP contribution in [0.4, 0.5) is 4.39 Å². The first kappa shape index (κ1) is 18.1. The van der Waals surface area contributed by atoms with E-state index in [1.54, 1.807) is 12.3 Å². The van der Waals surface area contributed by atoms with Gasteiger partial charge in [-0.25, -0.2) is 4.39 Å². The number of nitrogens with one attached hydrogen (secondary N) is 2. The molecule has 27 heavy (non-hydrogen) atoms. The van der Waals surface area contributed by atoms with E-state index in [4.69, 9.17) is 5.73 Å². The van der Waals surface area contributed by atoms with Crippen molar-refractivity contribution in [1.29, 1.82) is 0 Å². The fraction of sp³-hybridized carbons (Fsp3) is 0.500. The highest BCUT2D eigenvalue weighted by Gasteiger charge is 2.42. The zero-order chi connectivity index (χ0) is 19.0. The Balaban J connectivity index is 1.39. The highest BCUT2D eigenvalue weighted by Crippen LogP contribution is 2.35. The van der Waals surface area contributed by atoms with E-state index in [1.807, 2.05) is 23.7 Å². The Labute approximate surface area is 158 Å². The Hall–Kier alpha value is -2.25. The van der Waals surface area contributed by atoms with Gasteiger partial charge in [-0.1, -0.05) is 12.1 Å². The standard InChI is InChI=1S/C20H26FN5O/c1-2-26-17(7-8-23-26)13-4-3-12(16(21)10-13)11-18(22)25-20(27)19-14-5-6-15(9-14)24-19/h3-4,7-8,10,14-15,18-19,24H,2,5-6,9,11,22H2,1H3,(H,25,27). The van der Waals surface area contributed by atoms with Crippen molar-refractivity contribution in [3.05, 3.63) is 41.8 Å². The van der Waals surface area contributed by atoms with Crippen molar-refractivity contribution < 1.29 is 9.18 Å². The van der Waals surface area contributed by atoms with E-state index in [1.165, 1.54) is 6.07 Å². The van der Waals surface area contributed by atoms with Crippen molar-refractivity contribution in [3.63, 3.8) is 0 Å². The zero-order valence-electron chi connectivity index (χ0n) is 15.5. The molecule has 6 nitrogen and oxygen atoms in total. The van der Waals surface area contributed by atoms with Gasteiger partial charge in [-0.15, -0.1) is 0 Å². The van der Waals surface area contributed by atoms with Crippen LogP contribution in [0, 0.1) is 11.7 Å². The number of hydrogen-bond acceptors (Lipinski definition) is 4. The van der Waals surface area contributed by atoms with E-state index in [9.17, 15) is 9.18 Å². The molecule has 0 radical (unpaired) electrons. The molecule has 1 saturated heterocycles. The number of benzene rings is 1. The molecule has 7 heteroatoms. The molecule has 2 aliphatic rings. The molecule has 2 heterocycles. The number of halogens is 1. The number of piperidine rings is 1. The summed E-state index contributed by atoms with van der Waals surface area (Å²) in [4.78, 5) is 12.4. The molecule has 4 rings (SSSR count). The van der Waals surface area contributed by atoms with Crippen LogP contribution in [-0.2, 0) is 17.8 Å². The Morgan fingerprint density at radius 1 is 1.44 bits per heavy atom. The summed E-state index contributed by atoms with van der Waals surface area (Å²) in [5, 5.41) is 10.4. The number of hydrogen-bond donors (Lipinski definition) is 3. The molecule has 4 N–H and O–H groups in total. The van der Waals surface area contributed by atoms with Crippen LogP contribution in [0.3, 0.4) is 0 Å². The van der Waals surface area contributed by atoms with Crippen LogP contribution >= 0.6 is 0 Å². The predicted octanol–water partition coefficient (Wildman–Crippen LogP) is 1.79. The first-order valence-electron chi connectivity index (χ1n) is 9.67. The summed E-state index contributed by atoms with van der Waals surface area (Å²) in [6.45, 7) is 2.72. The maximum atomic E-state index is 14.6. The van der Waals surface area contributed by atoms with Gasteiger partial charge in [0.1, 0.15) is 5.82 Å². The molecule has 1 aromatic carbocycles. The molecule has 1 aliphatic carbocycles. The predicted molar refractivity (Wildman–Crippen MR) is 101 cm³/mol. The lowest BCUT2D eigenvalue weighted by atomic mass is 9.99. The molecule has 2 fully saturated rings. The minimum atomic E-state index is -0.611. The molecule has 1 aliphatic heterocycles. The smallest absolute Gasteiger partial charge is 0.238 e. The van der Waals surface area contributed by atoms with E-state index in [2.05, 4.69) is 15.7 Å². The molecule has 1 aromatic heterocycles. The third kappa shape index (κ3) is 3.61. The number of aryl methyl sites for hydroxylation is 1. The summed E-state index contributed by atoms with van der Waals surface area (Å²) in [6, 6.07) is 7.28. The van der Waals surface area contributed by atoms with Crippen LogP contribution in [0.2, 0.25) is 0 Å². The molecular formula is C20H26FN5O. The van der Waals surface area contributed by atoms with Crippen molar-refractivity contribution in [2.45, 2.75) is 57.4 Å². The topological polar surface area (TPSA) is 85.0 Å². The SMILES string of the molecule is CCn1nccc1-c1ccc(CC(N)NC(=O)C2NC3CCC2C3)c(F)c1. The first-order chi connectivity index (χ1) is 13.0. The second kappa shape index (κ2) is 7.40. The van der Waals surface area contributed by atoms with E-state index in [0.717, 1.165) is 37.1 Å². The van der Waals surface area contributed by atoms with Crippen molar-refractivity contribution >= 4 is 5.91 Å². The molecular weight excluding hydrogens is 345 g/mol. The fourth-order valence-electron chi connectivity index (χ4n) is 4.41. The lowest BCUT2D eigenvalue weighted by Gasteiger charge is -2.24. The summed E-state index contributed by atoms with van der Waals surface area (Å²) >= 11 is 0. The van der Waals surface area contributed by atoms with E-state index >= 15 is 0 Å². The summed E-state index contributed by atoms with van der Waals surface area (Å²) in [5.41, 5.74) is 8.23. The number of aromatic nitrogens is 2. The maximum Gasteiger partial charge on any atom is 0.238 e. The molecule has 0 spiro atoms. The minimum absolute atomic E-state index is 0.0708. The monoisotopic (exact) mass is 371 g/mol. The molecule has 1 saturated carbocycles. The third-order valence-electron chi connectivity index (χ3n) is 5.77. The second-order valence-corrected chi connectivity index (χ2v) is 7.57. The molecule has 2 aromatic rings. The van der Waals surface area contributed by atoms with Crippen LogP contribution in [0.15, 0.2) is 30.5 Å². The van der Waals surface area contributed by atoms with Gasteiger partial charge in [-0.3, -0.25) is 9.48 Å². The van der Waals surface area contributed by atoms with Gasteiger partial charge in [0.05, 0.1) is 17.9 Å². The number of nitrogens with zero attached hydrogens (tertiary/aromatic N) is 2. The average molecular weight is 371 g/mol. The van der Waals surface area contributed by atoms with Gasteiger partial charge < -0.3 is 16.4 Å². The van der Waals surface area contributed by atoms with Crippen LogP contribution in [-0.4, -0.2) is 33.9 Å². The van der Waals surface area contributed by atoms with Gasteiger partial charge in [0.25, 0.3) is 0 Å². The fourth-order valence-corrected chi connectivity index (χ4v) is 4.41. The molecule has 1 amide bonds. The van der Waals surface area contributed by atoms with E-state index in [0.29, 0.717) is 17.5 Å². The van der Waals surface area contributed by atoms with Crippen molar-refractivity contribution in [2.75, 3.05) is 0 Å². The summed E-state index contributed by atoms with van der Waals surface area (Å²) in [7, 11) is 0. The average Bonchev–Trinajstić information content (AvgIpc) is 3.39. The quantitative estimate of drug-likeness (QED) is 0.676. The van der Waals surface area contributed by atoms with Gasteiger partial charge in [0, 0.05) is 30.8 Å². The van der Waals surface area contributed by atoms with E-state index < -0.39 is 6.17 Å². The normalized spacial score (nSPS) is 24.9. The number of nitrogens with two attached hydrogens (primary N) is 1. The Morgan fingerprint density at radius 3 is 2.96 bits per heavy atom. The van der Waals surface area contributed by atoms with Crippen LogP contribution in [0.25, 0.3) is 11.3 Å². The summed E-state index contributed by atoms with van der Waals surface area (Å²) in [6.07, 6.45) is 4.66. The van der Waals surface area contributed by atoms with Gasteiger partial charge in [-0.2, -0.15) is 5.10 Å². The number of rotatable bonds is 6. The van der Waals surface area contributed by atoms with Gasteiger partial charge in [0.2, 0.25) is 5.91 Å². The number of amides is 1. The number of carbonyl (C=O) groups is 1. The van der Waals surface area contributed by atoms with Gasteiger partial charge >= 0.3 is 0 Å². The van der Waals surface area contributed by atoms with Crippen LogP contribution < -0.4 is 16.4 Å². The minimum Gasteiger partial charge on any atom is -0.339 e. The molecule has 4 unspecified atom stereocenters. The first-order valence-corrected chi connectivity index (χ1v) is 9.67. The Kier molecular flexibility index (Phi) is 4.97. The van der Waals surface area contributed by atoms with E-state index in [-0.39, 0.29) is 24.2 Å². The number of carbonyl (C=O) groups excluding carboxylic acids is 1. The van der Waals surface area contributed by atoms with Crippen molar-refractivity contribution in [2.24, 2.45) is 11.7 Å². The molecule has 2 bridgehead atoms. The highest BCUT2D eigenvalue weighted by atomic mass is 19.1. The Bertz CT molecular complexity index is 836. The molecule has 144 valence electrons.